The van der Waals surface area contributed by atoms with E-state index < -0.39 is 10.0 Å². The van der Waals surface area contributed by atoms with Crippen LogP contribution in [0.2, 0.25) is 0 Å². The summed E-state index contributed by atoms with van der Waals surface area (Å²) < 4.78 is 25.3. The van der Waals surface area contributed by atoms with Crippen LogP contribution in [0.25, 0.3) is 0 Å². The molecule has 0 saturated heterocycles. The van der Waals surface area contributed by atoms with Crippen LogP contribution in [0.1, 0.15) is 18.1 Å². The SMILES string of the molecule is CCc1ccc(S(=O)(=O)NC)cc1CCl. The zero-order valence-corrected chi connectivity index (χ0v) is 10.3. The molecule has 0 fully saturated rings. The van der Waals surface area contributed by atoms with Gasteiger partial charge in [-0.3, -0.25) is 0 Å². The van der Waals surface area contributed by atoms with Gasteiger partial charge in [0.2, 0.25) is 10.0 Å². The Morgan fingerprint density at radius 2 is 2.00 bits per heavy atom. The van der Waals surface area contributed by atoms with Crippen LogP contribution in [0.3, 0.4) is 0 Å². The highest BCUT2D eigenvalue weighted by atomic mass is 35.5. The third kappa shape index (κ3) is 2.71. The molecule has 0 radical (unpaired) electrons. The van der Waals surface area contributed by atoms with Gasteiger partial charge in [0.1, 0.15) is 0 Å². The summed E-state index contributed by atoms with van der Waals surface area (Å²) in [5, 5.41) is 0. The fourth-order valence-electron chi connectivity index (χ4n) is 1.36. The molecule has 1 aromatic carbocycles. The van der Waals surface area contributed by atoms with Gasteiger partial charge >= 0.3 is 0 Å². The summed E-state index contributed by atoms with van der Waals surface area (Å²) in [5.74, 6) is 0.330. The monoisotopic (exact) mass is 247 g/mol. The highest BCUT2D eigenvalue weighted by Crippen LogP contribution is 2.18. The lowest BCUT2D eigenvalue weighted by Gasteiger charge is -2.08. The quantitative estimate of drug-likeness (QED) is 0.826. The van der Waals surface area contributed by atoms with Gasteiger partial charge in [-0.2, -0.15) is 0 Å². The van der Waals surface area contributed by atoms with Gasteiger partial charge < -0.3 is 0 Å². The minimum Gasteiger partial charge on any atom is -0.214 e. The van der Waals surface area contributed by atoms with E-state index >= 15 is 0 Å². The van der Waals surface area contributed by atoms with Gasteiger partial charge in [0.25, 0.3) is 0 Å². The molecule has 0 spiro atoms. The smallest absolute Gasteiger partial charge is 0.214 e. The normalized spacial score (nSPS) is 11.7. The van der Waals surface area contributed by atoms with Gasteiger partial charge in [-0.15, -0.1) is 11.6 Å². The lowest BCUT2D eigenvalue weighted by molar-refractivity contribution is 0.588. The lowest BCUT2D eigenvalue weighted by atomic mass is 10.1. The fraction of sp³-hybridized carbons (Fsp3) is 0.400. The predicted molar refractivity (Wildman–Crippen MR) is 61.6 cm³/mol. The Balaban J connectivity index is 3.26. The first kappa shape index (κ1) is 12.5. The maximum absolute atomic E-state index is 11.5. The number of alkyl halides is 1. The van der Waals surface area contributed by atoms with Gasteiger partial charge in [0.05, 0.1) is 4.90 Å². The molecule has 5 heteroatoms. The van der Waals surface area contributed by atoms with E-state index in [4.69, 9.17) is 11.6 Å². The van der Waals surface area contributed by atoms with Crippen LogP contribution in [0.4, 0.5) is 0 Å². The number of hydrogen-bond donors (Lipinski definition) is 1. The van der Waals surface area contributed by atoms with E-state index in [9.17, 15) is 8.42 Å². The molecule has 1 rings (SSSR count). The topological polar surface area (TPSA) is 46.2 Å². The minimum atomic E-state index is -3.36. The molecule has 0 aromatic heterocycles. The second-order valence-corrected chi connectivity index (χ2v) is 5.28. The van der Waals surface area contributed by atoms with Crippen molar-refractivity contribution in [3.05, 3.63) is 29.3 Å². The van der Waals surface area contributed by atoms with Crippen molar-refractivity contribution in [1.29, 1.82) is 0 Å². The van der Waals surface area contributed by atoms with Crippen molar-refractivity contribution in [3.63, 3.8) is 0 Å². The number of sulfonamides is 1. The Bertz CT molecular complexity index is 443. The Labute approximate surface area is 95.5 Å². The average molecular weight is 248 g/mol. The van der Waals surface area contributed by atoms with E-state index in [2.05, 4.69) is 4.72 Å². The van der Waals surface area contributed by atoms with Crippen molar-refractivity contribution in [2.75, 3.05) is 7.05 Å². The molecule has 0 atom stereocenters. The molecular formula is C10H14ClNO2S. The van der Waals surface area contributed by atoms with Crippen LogP contribution < -0.4 is 4.72 Å². The maximum atomic E-state index is 11.5. The molecule has 84 valence electrons. The van der Waals surface area contributed by atoms with E-state index in [0.29, 0.717) is 5.88 Å². The van der Waals surface area contributed by atoms with Crippen molar-refractivity contribution in [2.45, 2.75) is 24.1 Å². The van der Waals surface area contributed by atoms with Crippen LogP contribution in [0, 0.1) is 0 Å². The van der Waals surface area contributed by atoms with E-state index in [1.54, 1.807) is 12.1 Å². The van der Waals surface area contributed by atoms with Gasteiger partial charge in [0.15, 0.2) is 0 Å². The second-order valence-electron chi connectivity index (χ2n) is 3.13. The molecule has 15 heavy (non-hydrogen) atoms. The molecule has 0 aliphatic carbocycles. The molecule has 0 amide bonds. The molecule has 0 aliphatic rings. The number of hydrogen-bond acceptors (Lipinski definition) is 2. The standard InChI is InChI=1S/C10H14ClNO2S/c1-3-8-4-5-10(6-9(8)7-11)15(13,14)12-2/h4-6,12H,3,7H2,1-2H3. The van der Waals surface area contributed by atoms with Crippen LogP contribution >= 0.6 is 11.6 Å². The second kappa shape index (κ2) is 4.96. The van der Waals surface area contributed by atoms with E-state index in [0.717, 1.165) is 17.5 Å². The van der Waals surface area contributed by atoms with Crippen molar-refractivity contribution >= 4 is 21.6 Å². The largest absolute Gasteiger partial charge is 0.240 e. The summed E-state index contributed by atoms with van der Waals surface area (Å²) >= 11 is 5.76. The van der Waals surface area contributed by atoms with Crippen molar-refractivity contribution in [1.82, 2.24) is 4.72 Å². The third-order valence-electron chi connectivity index (χ3n) is 2.28. The van der Waals surface area contributed by atoms with Crippen molar-refractivity contribution < 1.29 is 8.42 Å². The summed E-state index contributed by atoms with van der Waals surface area (Å²) in [6.07, 6.45) is 0.849. The number of nitrogens with one attached hydrogen (secondary N) is 1. The molecular weight excluding hydrogens is 234 g/mol. The van der Waals surface area contributed by atoms with Crippen molar-refractivity contribution in [3.8, 4) is 0 Å². The number of benzene rings is 1. The number of rotatable bonds is 4. The molecule has 0 heterocycles. The average Bonchev–Trinajstić information content (AvgIpc) is 2.28. The highest BCUT2D eigenvalue weighted by Gasteiger charge is 2.12. The molecule has 0 unspecified atom stereocenters. The van der Waals surface area contributed by atoms with Gasteiger partial charge in [0, 0.05) is 5.88 Å². The molecule has 1 N–H and O–H groups in total. The maximum Gasteiger partial charge on any atom is 0.240 e. The van der Waals surface area contributed by atoms with Gasteiger partial charge in [-0.1, -0.05) is 13.0 Å². The summed E-state index contributed by atoms with van der Waals surface area (Å²) in [6, 6.07) is 5.03. The van der Waals surface area contributed by atoms with Crippen LogP contribution in [0.5, 0.6) is 0 Å². The minimum absolute atomic E-state index is 0.262. The van der Waals surface area contributed by atoms with E-state index in [1.165, 1.54) is 7.05 Å². The lowest BCUT2D eigenvalue weighted by Crippen LogP contribution is -2.18. The van der Waals surface area contributed by atoms with Gasteiger partial charge in [-0.05, 0) is 36.7 Å². The van der Waals surface area contributed by atoms with Gasteiger partial charge in [-0.25, -0.2) is 13.1 Å². The zero-order chi connectivity index (χ0) is 11.5. The Morgan fingerprint density at radius 3 is 2.47 bits per heavy atom. The first-order valence-corrected chi connectivity index (χ1v) is 6.68. The number of halogens is 1. The first-order valence-electron chi connectivity index (χ1n) is 4.66. The fourth-order valence-corrected chi connectivity index (χ4v) is 2.39. The Kier molecular flexibility index (Phi) is 4.13. The van der Waals surface area contributed by atoms with E-state index in [-0.39, 0.29) is 4.90 Å². The van der Waals surface area contributed by atoms with E-state index in [1.807, 2.05) is 13.0 Å². The third-order valence-corrected chi connectivity index (χ3v) is 3.98. The summed E-state index contributed by atoms with van der Waals surface area (Å²) in [4.78, 5) is 0.262. The van der Waals surface area contributed by atoms with Crippen molar-refractivity contribution in [2.24, 2.45) is 0 Å². The van der Waals surface area contributed by atoms with Crippen LogP contribution in [0.15, 0.2) is 23.1 Å². The molecule has 0 saturated carbocycles. The number of aryl methyl sites for hydroxylation is 1. The molecule has 3 nitrogen and oxygen atoms in total. The zero-order valence-electron chi connectivity index (χ0n) is 8.75. The Hall–Kier alpha value is -0.580. The molecule has 0 aliphatic heterocycles. The first-order chi connectivity index (χ1) is 7.05. The predicted octanol–water partition coefficient (Wildman–Crippen LogP) is 1.90. The molecule has 0 bridgehead atoms. The summed E-state index contributed by atoms with van der Waals surface area (Å²) in [5.41, 5.74) is 1.95. The summed E-state index contributed by atoms with van der Waals surface area (Å²) in [7, 11) is -1.97. The Morgan fingerprint density at radius 1 is 1.33 bits per heavy atom. The van der Waals surface area contributed by atoms with Crippen LogP contribution in [-0.2, 0) is 22.3 Å². The molecule has 1 aromatic rings. The van der Waals surface area contributed by atoms with Crippen LogP contribution in [-0.4, -0.2) is 15.5 Å². The highest BCUT2D eigenvalue weighted by molar-refractivity contribution is 7.89. The summed E-state index contributed by atoms with van der Waals surface area (Å²) in [6.45, 7) is 2.01.